The molecular weight excluding hydrogens is 350 g/mol. The number of phenols is 1. The van der Waals surface area contributed by atoms with Gasteiger partial charge in [-0.2, -0.15) is 4.98 Å². The second kappa shape index (κ2) is 7.80. The van der Waals surface area contributed by atoms with E-state index in [2.05, 4.69) is 20.9 Å². The predicted octanol–water partition coefficient (Wildman–Crippen LogP) is 3.76. The van der Waals surface area contributed by atoms with Gasteiger partial charge in [0, 0.05) is 25.2 Å². The maximum atomic E-state index is 10.4. The number of fused-ring (bicyclic) bond motifs is 1. The van der Waals surface area contributed by atoms with Gasteiger partial charge in [0.2, 0.25) is 5.88 Å². The molecule has 0 bridgehead atoms. The second-order valence-electron chi connectivity index (χ2n) is 7.23. The molecule has 0 radical (unpaired) electrons. The Morgan fingerprint density at radius 2 is 1.85 bits per heavy atom. The van der Waals surface area contributed by atoms with Crippen LogP contribution >= 0.6 is 11.6 Å². The number of likely N-dealkylation sites (tertiary alicyclic amines) is 1. The number of nitrogens with zero attached hydrogens (tertiary/aromatic N) is 3. The second-order valence-corrected chi connectivity index (χ2v) is 7.62. The molecule has 0 unspecified atom stereocenters. The van der Waals surface area contributed by atoms with E-state index >= 15 is 0 Å². The number of piperidine rings is 1. The van der Waals surface area contributed by atoms with Crippen molar-refractivity contribution in [2.24, 2.45) is 0 Å². The molecule has 0 spiro atoms. The summed E-state index contributed by atoms with van der Waals surface area (Å²) in [7, 11) is 0. The number of hydrogen-bond acceptors (Lipinski definition) is 5. The minimum atomic E-state index is 0.135. The number of aryl methyl sites for hydroxylation is 2. The number of ether oxygens (including phenoxy) is 1. The molecule has 26 heavy (non-hydrogen) atoms. The van der Waals surface area contributed by atoms with Crippen LogP contribution in [0.15, 0.2) is 24.5 Å². The molecule has 1 aromatic heterocycles. The number of benzene rings is 1. The van der Waals surface area contributed by atoms with E-state index in [1.54, 1.807) is 6.20 Å². The summed E-state index contributed by atoms with van der Waals surface area (Å²) in [5, 5.41) is 10.7. The minimum Gasteiger partial charge on any atom is -0.508 e. The van der Waals surface area contributed by atoms with Crippen LogP contribution in [0, 0.1) is 0 Å². The molecule has 0 atom stereocenters. The van der Waals surface area contributed by atoms with Crippen molar-refractivity contribution in [3.8, 4) is 11.6 Å². The Labute approximate surface area is 159 Å². The average molecular weight is 374 g/mol. The Kier molecular flexibility index (Phi) is 5.27. The third kappa shape index (κ3) is 4.10. The van der Waals surface area contributed by atoms with Crippen molar-refractivity contribution in [3.05, 3.63) is 46.4 Å². The highest BCUT2D eigenvalue weighted by molar-refractivity contribution is 6.29. The van der Waals surface area contributed by atoms with Crippen molar-refractivity contribution in [1.82, 2.24) is 14.9 Å². The van der Waals surface area contributed by atoms with Gasteiger partial charge in [-0.15, -0.1) is 0 Å². The Balaban J connectivity index is 1.34. The Morgan fingerprint density at radius 1 is 1.12 bits per heavy atom. The summed E-state index contributed by atoms with van der Waals surface area (Å²) in [5.41, 5.74) is 3.79. The Hall–Kier alpha value is -1.85. The molecule has 4 rings (SSSR count). The number of phenolic OH excluding ortho intramolecular Hbond substituents is 1. The van der Waals surface area contributed by atoms with Gasteiger partial charge in [0.25, 0.3) is 0 Å². The molecule has 2 heterocycles. The molecule has 2 aromatic rings. The van der Waals surface area contributed by atoms with Gasteiger partial charge in [-0.05, 0) is 55.7 Å². The zero-order chi connectivity index (χ0) is 17.9. The molecule has 1 aromatic carbocycles. The van der Waals surface area contributed by atoms with Crippen LogP contribution < -0.4 is 4.74 Å². The fraction of sp³-hybridized carbons (Fsp3) is 0.500. The lowest BCUT2D eigenvalue weighted by Gasteiger charge is -2.32. The minimum absolute atomic E-state index is 0.135. The van der Waals surface area contributed by atoms with Gasteiger partial charge in [-0.25, -0.2) is 0 Å². The maximum absolute atomic E-state index is 10.4. The molecule has 1 aliphatic heterocycles. The first-order valence-electron chi connectivity index (χ1n) is 9.37. The third-order valence-electron chi connectivity index (χ3n) is 5.34. The lowest BCUT2D eigenvalue weighted by Crippen LogP contribution is -2.38. The SMILES string of the molecule is Oc1cc2c(cc1CN1CCC(Oc3cncc(Cl)n3)CC1)CCCC2. The van der Waals surface area contributed by atoms with Gasteiger partial charge in [-0.1, -0.05) is 17.7 Å². The average Bonchev–Trinajstić information content (AvgIpc) is 2.64. The van der Waals surface area contributed by atoms with E-state index in [4.69, 9.17) is 16.3 Å². The van der Waals surface area contributed by atoms with Gasteiger partial charge < -0.3 is 9.84 Å². The summed E-state index contributed by atoms with van der Waals surface area (Å²) < 4.78 is 5.90. The van der Waals surface area contributed by atoms with Gasteiger partial charge in [0.15, 0.2) is 5.15 Å². The summed E-state index contributed by atoms with van der Waals surface area (Å²) in [5.74, 6) is 0.932. The van der Waals surface area contributed by atoms with Gasteiger partial charge >= 0.3 is 0 Å². The van der Waals surface area contributed by atoms with Crippen LogP contribution in [0.2, 0.25) is 5.15 Å². The zero-order valence-corrected chi connectivity index (χ0v) is 15.6. The molecule has 0 saturated carbocycles. The predicted molar refractivity (Wildman–Crippen MR) is 101 cm³/mol. The molecule has 1 aliphatic carbocycles. The summed E-state index contributed by atoms with van der Waals surface area (Å²) in [6.07, 6.45) is 9.82. The monoisotopic (exact) mass is 373 g/mol. The molecule has 0 amide bonds. The molecule has 138 valence electrons. The Morgan fingerprint density at radius 3 is 2.58 bits per heavy atom. The number of hydrogen-bond donors (Lipinski definition) is 1. The molecule has 1 fully saturated rings. The van der Waals surface area contributed by atoms with Crippen LogP contribution in [0.4, 0.5) is 0 Å². The van der Waals surface area contributed by atoms with Crippen molar-refractivity contribution in [3.63, 3.8) is 0 Å². The van der Waals surface area contributed by atoms with E-state index in [1.807, 2.05) is 6.07 Å². The highest BCUT2D eigenvalue weighted by Crippen LogP contribution is 2.30. The lowest BCUT2D eigenvalue weighted by atomic mass is 9.90. The highest BCUT2D eigenvalue weighted by atomic mass is 35.5. The summed E-state index contributed by atoms with van der Waals surface area (Å²) in [6, 6.07) is 4.20. The third-order valence-corrected chi connectivity index (χ3v) is 5.52. The topological polar surface area (TPSA) is 58.5 Å². The van der Waals surface area contributed by atoms with E-state index in [-0.39, 0.29) is 6.10 Å². The van der Waals surface area contributed by atoms with E-state index in [1.165, 1.54) is 30.2 Å². The number of aromatic hydroxyl groups is 1. The number of aromatic nitrogens is 2. The standard InChI is InChI=1S/C20H24ClN3O2/c21-19-11-22-12-20(23-19)26-17-5-7-24(8-6-17)13-16-9-14-3-1-2-4-15(14)10-18(16)25/h9-12,17,25H,1-8,13H2. The first kappa shape index (κ1) is 17.6. The van der Waals surface area contributed by atoms with Crippen LogP contribution in [0.25, 0.3) is 0 Å². The molecule has 1 N–H and O–H groups in total. The first-order valence-corrected chi connectivity index (χ1v) is 9.75. The van der Waals surface area contributed by atoms with Crippen molar-refractivity contribution in [2.45, 2.75) is 51.2 Å². The van der Waals surface area contributed by atoms with E-state index in [9.17, 15) is 5.11 Å². The van der Waals surface area contributed by atoms with Crippen LogP contribution in [0.5, 0.6) is 11.6 Å². The number of rotatable bonds is 4. The summed E-state index contributed by atoms with van der Waals surface area (Å²) in [6.45, 7) is 2.67. The zero-order valence-electron chi connectivity index (χ0n) is 14.8. The van der Waals surface area contributed by atoms with Crippen molar-refractivity contribution in [1.29, 1.82) is 0 Å². The van der Waals surface area contributed by atoms with E-state index < -0.39 is 0 Å². The van der Waals surface area contributed by atoms with Crippen LogP contribution in [0.3, 0.4) is 0 Å². The van der Waals surface area contributed by atoms with E-state index in [0.29, 0.717) is 16.8 Å². The van der Waals surface area contributed by atoms with E-state index in [0.717, 1.165) is 50.9 Å². The molecular formula is C20H24ClN3O2. The smallest absolute Gasteiger partial charge is 0.234 e. The van der Waals surface area contributed by atoms with Crippen LogP contribution in [-0.4, -0.2) is 39.2 Å². The van der Waals surface area contributed by atoms with Crippen LogP contribution in [0.1, 0.15) is 42.4 Å². The molecule has 2 aliphatic rings. The fourth-order valence-corrected chi connectivity index (χ4v) is 4.07. The molecule has 6 heteroatoms. The quantitative estimate of drug-likeness (QED) is 0.884. The first-order chi connectivity index (χ1) is 12.7. The van der Waals surface area contributed by atoms with Crippen molar-refractivity contribution >= 4 is 11.6 Å². The normalized spacial score (nSPS) is 18.5. The molecule has 1 saturated heterocycles. The lowest BCUT2D eigenvalue weighted by molar-refractivity contribution is 0.0925. The largest absolute Gasteiger partial charge is 0.508 e. The van der Waals surface area contributed by atoms with Gasteiger partial charge in [0.1, 0.15) is 11.9 Å². The summed E-state index contributed by atoms with van der Waals surface area (Å²) in [4.78, 5) is 10.5. The Bertz CT molecular complexity index is 776. The number of halogens is 1. The van der Waals surface area contributed by atoms with Gasteiger partial charge in [0.05, 0.1) is 12.4 Å². The molecule has 5 nitrogen and oxygen atoms in total. The maximum Gasteiger partial charge on any atom is 0.234 e. The fourth-order valence-electron chi connectivity index (χ4n) is 3.93. The summed E-state index contributed by atoms with van der Waals surface area (Å²) >= 11 is 5.86. The van der Waals surface area contributed by atoms with Crippen molar-refractivity contribution in [2.75, 3.05) is 13.1 Å². The highest BCUT2D eigenvalue weighted by Gasteiger charge is 2.22. The van der Waals surface area contributed by atoms with Crippen LogP contribution in [-0.2, 0) is 19.4 Å². The van der Waals surface area contributed by atoms with Gasteiger partial charge in [-0.3, -0.25) is 9.88 Å². The van der Waals surface area contributed by atoms with Crippen molar-refractivity contribution < 1.29 is 9.84 Å².